The molecule has 3 N–H and O–H groups in total. The fraction of sp³-hybridized carbons (Fsp3) is 0.857. The van der Waals surface area contributed by atoms with E-state index in [1.807, 2.05) is 13.8 Å². The van der Waals surface area contributed by atoms with E-state index >= 15 is 0 Å². The summed E-state index contributed by atoms with van der Waals surface area (Å²) in [6.45, 7) is 9.41. The predicted molar refractivity (Wildman–Crippen MR) is 78.9 cm³/mol. The zero-order valence-corrected chi connectivity index (χ0v) is 13.1. The van der Waals surface area contributed by atoms with E-state index in [1.54, 1.807) is 0 Å². The van der Waals surface area contributed by atoms with E-state index < -0.39 is 0 Å². The summed E-state index contributed by atoms with van der Waals surface area (Å²) in [6.07, 6.45) is 2.37. The van der Waals surface area contributed by atoms with Gasteiger partial charge in [-0.05, 0) is 18.8 Å². The standard InChI is InChI=1S/C14H29N3O3/c1-11(2)6-5-8-16-14(19)10-20-17-13(18)7-9-15-12(3)4/h11-12,15H,5-10H2,1-4H3,(H,16,19)(H,17,18). The summed E-state index contributed by atoms with van der Waals surface area (Å²) in [5, 5.41) is 5.87. The first kappa shape index (κ1) is 18.9. The van der Waals surface area contributed by atoms with Gasteiger partial charge in [-0.25, -0.2) is 5.48 Å². The van der Waals surface area contributed by atoms with Crippen LogP contribution < -0.4 is 16.1 Å². The van der Waals surface area contributed by atoms with Crippen molar-refractivity contribution in [3.05, 3.63) is 0 Å². The summed E-state index contributed by atoms with van der Waals surface area (Å²) in [5.74, 6) is 0.196. The van der Waals surface area contributed by atoms with Crippen molar-refractivity contribution in [2.75, 3.05) is 19.7 Å². The third kappa shape index (κ3) is 13.3. The van der Waals surface area contributed by atoms with Gasteiger partial charge >= 0.3 is 0 Å². The molecular weight excluding hydrogens is 258 g/mol. The summed E-state index contributed by atoms with van der Waals surface area (Å²) >= 11 is 0. The molecule has 0 spiro atoms. The molecule has 0 heterocycles. The number of amides is 2. The Labute approximate surface area is 122 Å². The topological polar surface area (TPSA) is 79.5 Å². The van der Waals surface area contributed by atoms with Gasteiger partial charge in [-0.1, -0.05) is 27.7 Å². The Hall–Kier alpha value is -1.14. The smallest absolute Gasteiger partial charge is 0.248 e. The molecule has 2 amide bonds. The molecule has 0 aliphatic rings. The molecule has 0 rings (SSSR count). The molecular formula is C14H29N3O3. The molecule has 0 unspecified atom stereocenters. The van der Waals surface area contributed by atoms with Crippen molar-refractivity contribution in [1.29, 1.82) is 0 Å². The van der Waals surface area contributed by atoms with Crippen LogP contribution in [0, 0.1) is 5.92 Å². The molecule has 6 nitrogen and oxygen atoms in total. The number of carbonyl (C=O) groups excluding carboxylic acids is 2. The number of rotatable bonds is 11. The van der Waals surface area contributed by atoms with Gasteiger partial charge in [0.2, 0.25) is 11.8 Å². The predicted octanol–water partition coefficient (Wildman–Crippen LogP) is 0.975. The molecule has 0 atom stereocenters. The third-order valence-electron chi connectivity index (χ3n) is 2.57. The molecule has 0 fully saturated rings. The summed E-state index contributed by atoms with van der Waals surface area (Å²) in [5.41, 5.74) is 2.26. The maximum Gasteiger partial charge on any atom is 0.248 e. The lowest BCUT2D eigenvalue weighted by Crippen LogP contribution is -2.35. The molecule has 6 heteroatoms. The Morgan fingerprint density at radius 3 is 2.35 bits per heavy atom. The average Bonchev–Trinajstić information content (AvgIpc) is 2.34. The van der Waals surface area contributed by atoms with Crippen LogP contribution in [0.15, 0.2) is 0 Å². The van der Waals surface area contributed by atoms with E-state index in [1.165, 1.54) is 0 Å². The van der Waals surface area contributed by atoms with Gasteiger partial charge in [0.05, 0.1) is 0 Å². The van der Waals surface area contributed by atoms with Crippen LogP contribution in [-0.4, -0.2) is 37.6 Å². The van der Waals surface area contributed by atoms with Crippen molar-refractivity contribution in [2.24, 2.45) is 5.92 Å². The van der Waals surface area contributed by atoms with E-state index in [0.29, 0.717) is 31.5 Å². The zero-order chi connectivity index (χ0) is 15.4. The second-order valence-corrected chi connectivity index (χ2v) is 5.56. The first-order valence-electron chi connectivity index (χ1n) is 7.32. The number of hydrogen-bond donors (Lipinski definition) is 3. The van der Waals surface area contributed by atoms with Crippen LogP contribution in [0.1, 0.15) is 47.0 Å². The number of hydrogen-bond acceptors (Lipinski definition) is 4. The lowest BCUT2D eigenvalue weighted by atomic mass is 10.1. The Morgan fingerprint density at radius 2 is 1.75 bits per heavy atom. The molecule has 118 valence electrons. The second-order valence-electron chi connectivity index (χ2n) is 5.56. The summed E-state index contributed by atoms with van der Waals surface area (Å²) < 4.78 is 0. The summed E-state index contributed by atoms with van der Waals surface area (Å²) in [4.78, 5) is 27.6. The highest BCUT2D eigenvalue weighted by atomic mass is 16.7. The van der Waals surface area contributed by atoms with Gasteiger partial charge in [-0.2, -0.15) is 0 Å². The second kappa shape index (κ2) is 11.7. The maximum atomic E-state index is 11.4. The van der Waals surface area contributed by atoms with E-state index in [4.69, 9.17) is 4.84 Å². The van der Waals surface area contributed by atoms with E-state index in [0.717, 1.165) is 12.8 Å². The fourth-order valence-electron chi connectivity index (χ4n) is 1.50. The van der Waals surface area contributed by atoms with Gasteiger partial charge in [0.1, 0.15) is 0 Å². The van der Waals surface area contributed by atoms with Crippen molar-refractivity contribution in [3.8, 4) is 0 Å². The minimum absolute atomic E-state index is 0.148. The lowest BCUT2D eigenvalue weighted by Gasteiger charge is -2.09. The van der Waals surface area contributed by atoms with Crippen molar-refractivity contribution in [2.45, 2.75) is 53.0 Å². The summed E-state index contributed by atoms with van der Waals surface area (Å²) in [7, 11) is 0. The van der Waals surface area contributed by atoms with Gasteiger partial charge < -0.3 is 10.6 Å². The van der Waals surface area contributed by atoms with E-state index in [-0.39, 0.29) is 18.4 Å². The van der Waals surface area contributed by atoms with Crippen molar-refractivity contribution >= 4 is 11.8 Å². The Balaban J connectivity index is 3.44. The molecule has 0 saturated heterocycles. The van der Waals surface area contributed by atoms with Crippen LogP contribution >= 0.6 is 0 Å². The van der Waals surface area contributed by atoms with Gasteiger partial charge in [0.15, 0.2) is 6.61 Å². The van der Waals surface area contributed by atoms with Crippen LogP contribution in [0.4, 0.5) is 0 Å². The van der Waals surface area contributed by atoms with Crippen molar-refractivity contribution < 1.29 is 14.4 Å². The van der Waals surface area contributed by atoms with Gasteiger partial charge in [-0.3, -0.25) is 14.4 Å². The van der Waals surface area contributed by atoms with Gasteiger partial charge in [0.25, 0.3) is 0 Å². The number of carbonyl (C=O) groups is 2. The van der Waals surface area contributed by atoms with Crippen LogP contribution in [-0.2, 0) is 14.4 Å². The van der Waals surface area contributed by atoms with Crippen LogP contribution in [0.2, 0.25) is 0 Å². The van der Waals surface area contributed by atoms with Crippen LogP contribution in [0.25, 0.3) is 0 Å². The Bertz CT molecular complexity index is 281. The quantitative estimate of drug-likeness (QED) is 0.391. The Morgan fingerprint density at radius 1 is 1.05 bits per heavy atom. The lowest BCUT2D eigenvalue weighted by molar-refractivity contribution is -0.139. The van der Waals surface area contributed by atoms with Crippen LogP contribution in [0.3, 0.4) is 0 Å². The summed E-state index contributed by atoms with van der Waals surface area (Å²) in [6, 6.07) is 0.348. The highest BCUT2D eigenvalue weighted by molar-refractivity contribution is 5.78. The average molecular weight is 287 g/mol. The first-order valence-corrected chi connectivity index (χ1v) is 7.32. The van der Waals surface area contributed by atoms with Crippen molar-refractivity contribution in [3.63, 3.8) is 0 Å². The van der Waals surface area contributed by atoms with Gasteiger partial charge in [0, 0.05) is 25.6 Å². The SMILES string of the molecule is CC(C)CCCNC(=O)CONC(=O)CCNC(C)C. The monoisotopic (exact) mass is 287 g/mol. The molecule has 0 bridgehead atoms. The normalized spacial score (nSPS) is 10.9. The molecule has 0 aliphatic carbocycles. The van der Waals surface area contributed by atoms with E-state index in [2.05, 4.69) is 30.0 Å². The number of nitrogens with one attached hydrogen (secondary N) is 3. The highest BCUT2D eigenvalue weighted by Crippen LogP contribution is 2.01. The van der Waals surface area contributed by atoms with E-state index in [9.17, 15) is 9.59 Å². The minimum atomic E-state index is -0.231. The highest BCUT2D eigenvalue weighted by Gasteiger charge is 2.05. The fourth-order valence-corrected chi connectivity index (χ4v) is 1.50. The molecule has 0 aromatic carbocycles. The minimum Gasteiger partial charge on any atom is -0.354 e. The molecule has 20 heavy (non-hydrogen) atoms. The van der Waals surface area contributed by atoms with Crippen LogP contribution in [0.5, 0.6) is 0 Å². The van der Waals surface area contributed by atoms with Crippen molar-refractivity contribution in [1.82, 2.24) is 16.1 Å². The zero-order valence-electron chi connectivity index (χ0n) is 13.1. The molecule has 0 radical (unpaired) electrons. The molecule has 0 aromatic heterocycles. The first-order chi connectivity index (χ1) is 9.41. The Kier molecular flexibility index (Phi) is 11.0. The molecule has 0 aromatic rings. The third-order valence-corrected chi connectivity index (χ3v) is 2.57. The number of hydroxylamine groups is 1. The molecule has 0 saturated carbocycles. The largest absolute Gasteiger partial charge is 0.354 e. The molecule has 0 aliphatic heterocycles. The van der Waals surface area contributed by atoms with Gasteiger partial charge in [-0.15, -0.1) is 0 Å². The maximum absolute atomic E-state index is 11.4.